The zero-order chi connectivity index (χ0) is 13.0. The largest absolute Gasteiger partial charge is 0.491 e. The molecule has 0 spiro atoms. The molecule has 1 heterocycles. The third-order valence-corrected chi connectivity index (χ3v) is 3.56. The highest BCUT2D eigenvalue weighted by Gasteiger charge is 2.10. The highest BCUT2D eigenvalue weighted by Crippen LogP contribution is 2.29. The summed E-state index contributed by atoms with van der Waals surface area (Å²) in [5.74, 6) is 0.349. The molecule has 2 rings (SSSR count). The normalized spacial score (nSPS) is 10.3. The first-order chi connectivity index (χ1) is 8.66. The van der Waals surface area contributed by atoms with E-state index in [0.717, 1.165) is 6.42 Å². The Morgan fingerprint density at radius 1 is 1.39 bits per heavy atom. The second-order valence-electron chi connectivity index (χ2n) is 3.55. The van der Waals surface area contributed by atoms with Crippen LogP contribution in [0.2, 0.25) is 5.02 Å². The fraction of sp³-hybridized carbons (Fsp3) is 0.167. The van der Waals surface area contributed by atoms with Crippen molar-refractivity contribution in [3.05, 3.63) is 55.7 Å². The van der Waals surface area contributed by atoms with E-state index in [4.69, 9.17) is 16.3 Å². The summed E-state index contributed by atoms with van der Waals surface area (Å²) in [4.78, 5) is 11.4. The van der Waals surface area contributed by atoms with Crippen molar-refractivity contribution in [2.75, 3.05) is 6.61 Å². The van der Waals surface area contributed by atoms with Gasteiger partial charge in [-0.05, 0) is 17.5 Å². The molecule has 0 aliphatic carbocycles. The molecule has 6 heteroatoms. The van der Waals surface area contributed by atoms with Crippen LogP contribution >= 0.6 is 22.9 Å². The van der Waals surface area contributed by atoms with Gasteiger partial charge in [0.15, 0.2) is 0 Å². The molecule has 0 amide bonds. The van der Waals surface area contributed by atoms with Crippen LogP contribution in [0.4, 0.5) is 5.69 Å². The van der Waals surface area contributed by atoms with Crippen LogP contribution in [-0.4, -0.2) is 11.5 Å². The van der Waals surface area contributed by atoms with E-state index in [1.807, 2.05) is 17.5 Å². The van der Waals surface area contributed by atoms with Crippen molar-refractivity contribution in [3.8, 4) is 5.75 Å². The molecule has 0 unspecified atom stereocenters. The SMILES string of the molecule is O=[N+]([O-])c1ccc(Cl)c(OCCc2cccs2)c1. The summed E-state index contributed by atoms with van der Waals surface area (Å²) in [6, 6.07) is 8.16. The third-order valence-electron chi connectivity index (χ3n) is 2.31. The maximum Gasteiger partial charge on any atom is 0.273 e. The Labute approximate surface area is 113 Å². The standard InChI is InChI=1S/C12H10ClNO3S/c13-11-4-3-9(14(15)16)8-12(11)17-6-5-10-2-1-7-18-10/h1-4,7-8H,5-6H2. The number of thiophene rings is 1. The van der Waals surface area contributed by atoms with Crippen LogP contribution in [-0.2, 0) is 6.42 Å². The van der Waals surface area contributed by atoms with Gasteiger partial charge in [-0.25, -0.2) is 0 Å². The number of rotatable bonds is 5. The van der Waals surface area contributed by atoms with E-state index in [1.165, 1.54) is 23.1 Å². The smallest absolute Gasteiger partial charge is 0.273 e. The summed E-state index contributed by atoms with van der Waals surface area (Å²) in [6.45, 7) is 0.446. The maximum atomic E-state index is 10.6. The van der Waals surface area contributed by atoms with Crippen LogP contribution < -0.4 is 4.74 Å². The van der Waals surface area contributed by atoms with Gasteiger partial charge in [0.05, 0.1) is 22.6 Å². The van der Waals surface area contributed by atoms with E-state index in [0.29, 0.717) is 17.4 Å². The number of ether oxygens (including phenoxy) is 1. The average Bonchev–Trinajstić information content (AvgIpc) is 2.84. The quantitative estimate of drug-likeness (QED) is 0.617. The molecule has 0 aliphatic heterocycles. The van der Waals surface area contributed by atoms with Crippen molar-refractivity contribution < 1.29 is 9.66 Å². The van der Waals surface area contributed by atoms with Gasteiger partial charge in [-0.2, -0.15) is 0 Å². The number of nitro groups is 1. The zero-order valence-electron chi connectivity index (χ0n) is 9.34. The summed E-state index contributed by atoms with van der Waals surface area (Å²) in [5.41, 5.74) is -0.0227. The number of hydrogen-bond acceptors (Lipinski definition) is 4. The van der Waals surface area contributed by atoms with Gasteiger partial charge in [0, 0.05) is 17.4 Å². The molecule has 0 fully saturated rings. The van der Waals surface area contributed by atoms with Crippen LogP contribution in [0, 0.1) is 10.1 Å². The third kappa shape index (κ3) is 3.21. The second kappa shape index (κ2) is 5.84. The van der Waals surface area contributed by atoms with Gasteiger partial charge < -0.3 is 4.74 Å². The highest BCUT2D eigenvalue weighted by atomic mass is 35.5. The van der Waals surface area contributed by atoms with Gasteiger partial charge >= 0.3 is 0 Å². The maximum absolute atomic E-state index is 10.6. The van der Waals surface area contributed by atoms with Gasteiger partial charge in [0.25, 0.3) is 5.69 Å². The minimum atomic E-state index is -0.470. The predicted octanol–water partition coefficient (Wildman–Crippen LogP) is 3.93. The minimum Gasteiger partial charge on any atom is -0.491 e. The van der Waals surface area contributed by atoms with E-state index >= 15 is 0 Å². The molecule has 18 heavy (non-hydrogen) atoms. The molecular weight excluding hydrogens is 274 g/mol. The highest BCUT2D eigenvalue weighted by molar-refractivity contribution is 7.09. The molecule has 94 valence electrons. The first-order valence-electron chi connectivity index (χ1n) is 5.26. The summed E-state index contributed by atoms with van der Waals surface area (Å²) in [7, 11) is 0. The summed E-state index contributed by atoms with van der Waals surface area (Å²) >= 11 is 7.57. The Balaban J connectivity index is 2.00. The van der Waals surface area contributed by atoms with Crippen LogP contribution in [0.5, 0.6) is 5.75 Å². The average molecular weight is 284 g/mol. The van der Waals surface area contributed by atoms with Gasteiger partial charge in [-0.1, -0.05) is 17.7 Å². The van der Waals surface area contributed by atoms with E-state index in [-0.39, 0.29) is 5.69 Å². The minimum absolute atomic E-state index is 0.0227. The number of hydrogen-bond donors (Lipinski definition) is 0. The fourth-order valence-corrected chi connectivity index (χ4v) is 2.29. The van der Waals surface area contributed by atoms with Crippen LogP contribution in [0.15, 0.2) is 35.7 Å². The monoisotopic (exact) mass is 283 g/mol. The molecule has 0 saturated carbocycles. The predicted molar refractivity (Wildman–Crippen MR) is 71.6 cm³/mol. The van der Waals surface area contributed by atoms with Gasteiger partial charge in [-0.15, -0.1) is 11.3 Å². The second-order valence-corrected chi connectivity index (χ2v) is 4.99. The van der Waals surface area contributed by atoms with Crippen molar-refractivity contribution in [1.82, 2.24) is 0 Å². The van der Waals surface area contributed by atoms with Crippen molar-refractivity contribution >= 4 is 28.6 Å². The van der Waals surface area contributed by atoms with Crippen molar-refractivity contribution in [1.29, 1.82) is 0 Å². The van der Waals surface area contributed by atoms with Gasteiger partial charge in [-0.3, -0.25) is 10.1 Å². The first-order valence-corrected chi connectivity index (χ1v) is 6.51. The molecule has 2 aromatic rings. The number of nitrogens with zero attached hydrogens (tertiary/aromatic N) is 1. The number of benzene rings is 1. The zero-order valence-corrected chi connectivity index (χ0v) is 10.9. The lowest BCUT2D eigenvalue weighted by molar-refractivity contribution is -0.384. The molecular formula is C12H10ClNO3S. The van der Waals surface area contributed by atoms with E-state index < -0.39 is 4.92 Å². The molecule has 1 aromatic heterocycles. The molecule has 0 aliphatic rings. The summed E-state index contributed by atoms with van der Waals surface area (Å²) < 4.78 is 5.47. The van der Waals surface area contributed by atoms with Crippen LogP contribution in [0.25, 0.3) is 0 Å². The lowest BCUT2D eigenvalue weighted by Crippen LogP contribution is -2.01. The summed E-state index contributed by atoms with van der Waals surface area (Å²) in [5, 5.41) is 13.0. The van der Waals surface area contributed by atoms with E-state index in [2.05, 4.69) is 0 Å². The first kappa shape index (κ1) is 12.9. The fourth-order valence-electron chi connectivity index (χ4n) is 1.43. The molecule has 0 atom stereocenters. The van der Waals surface area contributed by atoms with Crippen LogP contribution in [0.3, 0.4) is 0 Å². The molecule has 0 N–H and O–H groups in total. The Bertz CT molecular complexity index is 542. The van der Waals surface area contributed by atoms with Gasteiger partial charge in [0.1, 0.15) is 5.75 Å². The van der Waals surface area contributed by atoms with E-state index in [1.54, 1.807) is 11.3 Å². The lowest BCUT2D eigenvalue weighted by Gasteiger charge is -2.06. The molecule has 0 bridgehead atoms. The lowest BCUT2D eigenvalue weighted by atomic mass is 10.3. The number of nitro benzene ring substituents is 1. The molecule has 0 radical (unpaired) electrons. The molecule has 1 aromatic carbocycles. The Kier molecular flexibility index (Phi) is 4.17. The van der Waals surface area contributed by atoms with Crippen molar-refractivity contribution in [2.45, 2.75) is 6.42 Å². The molecule has 4 nitrogen and oxygen atoms in total. The molecule has 0 saturated heterocycles. The number of halogens is 1. The number of non-ortho nitro benzene ring substituents is 1. The van der Waals surface area contributed by atoms with Crippen molar-refractivity contribution in [2.24, 2.45) is 0 Å². The van der Waals surface area contributed by atoms with E-state index in [9.17, 15) is 10.1 Å². The van der Waals surface area contributed by atoms with Crippen molar-refractivity contribution in [3.63, 3.8) is 0 Å². The Morgan fingerprint density at radius 3 is 2.89 bits per heavy atom. The Morgan fingerprint density at radius 2 is 2.22 bits per heavy atom. The summed E-state index contributed by atoms with van der Waals surface area (Å²) in [6.07, 6.45) is 0.761. The van der Waals surface area contributed by atoms with Crippen LogP contribution in [0.1, 0.15) is 4.88 Å². The Hall–Kier alpha value is -1.59. The van der Waals surface area contributed by atoms with Gasteiger partial charge in [0.2, 0.25) is 0 Å². The topological polar surface area (TPSA) is 52.4 Å².